The fourth-order valence-corrected chi connectivity index (χ4v) is 13.8. The lowest BCUT2D eigenvalue weighted by atomic mass is 9.88. The number of hydrogen-bond donors (Lipinski definition) is 6. The summed E-state index contributed by atoms with van der Waals surface area (Å²) < 4.78 is 29.7. The number of nitrogens with zero attached hydrogens (tertiary/aromatic N) is 4. The van der Waals surface area contributed by atoms with Crippen LogP contribution in [0, 0.1) is 17.8 Å². The summed E-state index contributed by atoms with van der Waals surface area (Å²) in [4.78, 5) is 137. The highest BCUT2D eigenvalue weighted by Crippen LogP contribution is 2.50. The van der Waals surface area contributed by atoms with Crippen molar-refractivity contribution in [1.29, 1.82) is 0 Å². The first-order valence-electron chi connectivity index (χ1n) is 31.0. The lowest BCUT2D eigenvalue weighted by molar-refractivity contribution is -0.134. The van der Waals surface area contributed by atoms with E-state index in [9.17, 15) is 52.6 Å². The number of hydrogen-bond acceptors (Lipinski definition) is 15. The van der Waals surface area contributed by atoms with Crippen molar-refractivity contribution in [3.63, 3.8) is 0 Å². The van der Waals surface area contributed by atoms with E-state index in [4.69, 9.17) is 48.7 Å². The molecule has 3 heterocycles. The van der Waals surface area contributed by atoms with Crippen LogP contribution in [-0.4, -0.2) is 146 Å². The molecular formula is C67H80Cl2N9O14PS. The maximum absolute atomic E-state index is 14.7. The van der Waals surface area contributed by atoms with Gasteiger partial charge in [0.05, 0.1) is 27.2 Å². The van der Waals surface area contributed by atoms with Crippen LogP contribution in [-0.2, 0) is 35.1 Å². The fourth-order valence-electron chi connectivity index (χ4n) is 11.8. The highest BCUT2D eigenvalue weighted by molar-refractivity contribution is 7.52. The third-order valence-corrected chi connectivity index (χ3v) is 19.0. The van der Waals surface area contributed by atoms with Gasteiger partial charge in [-0.05, 0) is 96.8 Å². The van der Waals surface area contributed by atoms with Gasteiger partial charge in [-0.2, -0.15) is 0 Å². The van der Waals surface area contributed by atoms with Crippen LogP contribution in [0.4, 0.5) is 31.4 Å². The molecule has 502 valence electrons. The van der Waals surface area contributed by atoms with E-state index < -0.39 is 67.3 Å². The van der Waals surface area contributed by atoms with E-state index in [1.54, 1.807) is 96.4 Å². The minimum absolute atomic E-state index is 0.0237. The summed E-state index contributed by atoms with van der Waals surface area (Å²) in [5, 5.41) is 10.9. The highest BCUT2D eigenvalue weighted by atomic mass is 35.5. The first-order valence-corrected chi connectivity index (χ1v) is 34.9. The molecule has 6 atom stereocenters. The van der Waals surface area contributed by atoms with Crippen LogP contribution >= 0.6 is 42.1 Å². The van der Waals surface area contributed by atoms with Gasteiger partial charge in [0.1, 0.15) is 23.9 Å². The fraction of sp³-hybridized carbons (Fsp3) is 0.418. The summed E-state index contributed by atoms with van der Waals surface area (Å²) in [6.45, 7) is 7.02. The highest BCUT2D eigenvalue weighted by Gasteiger charge is 2.40. The number of fused-ring (bicyclic) bond motifs is 6. The van der Waals surface area contributed by atoms with Crippen molar-refractivity contribution in [2.45, 2.75) is 90.2 Å². The third kappa shape index (κ3) is 17.8. The zero-order valence-corrected chi connectivity index (χ0v) is 56.5. The van der Waals surface area contributed by atoms with E-state index in [0.29, 0.717) is 65.6 Å². The number of unbranched alkanes of at least 4 members (excludes halogenated alkanes) is 1. The SMILES string of the molecule is CC(=O)CC(CCCCN)C(=O)NC(C(=O)CC(CCCNC(N)=O)C(=O)Nc1ccc(COC(=O)N(C)CCN(C)C(=O)Oc2cc3c(c4ccccc24)C(CCl)CN3C(=O)c2ccc(C(=O)N3CC(CCl)c4c3cc(OP(C)(=O)O)c3ccccc43)s2)cc1)C(C)C. The molecular weight excluding hydrogens is 1290 g/mol. The largest absolute Gasteiger partial charge is 0.445 e. The molecule has 6 aromatic rings. The molecule has 23 nitrogen and oxygen atoms in total. The minimum Gasteiger partial charge on any atom is -0.445 e. The molecule has 2 aliphatic heterocycles. The van der Waals surface area contributed by atoms with Crippen molar-refractivity contribution in [3.05, 3.63) is 124 Å². The molecule has 0 spiro atoms. The van der Waals surface area contributed by atoms with Gasteiger partial charge in [-0.3, -0.25) is 24.0 Å². The zero-order valence-electron chi connectivity index (χ0n) is 53.3. The van der Waals surface area contributed by atoms with Gasteiger partial charge in [-0.15, -0.1) is 34.5 Å². The Labute approximate surface area is 559 Å². The Morgan fingerprint density at radius 2 is 1.23 bits per heavy atom. The number of urea groups is 1. The van der Waals surface area contributed by atoms with Crippen LogP contribution in [0.2, 0.25) is 0 Å². The van der Waals surface area contributed by atoms with E-state index >= 15 is 0 Å². The summed E-state index contributed by atoms with van der Waals surface area (Å²) >= 11 is 14.1. The van der Waals surface area contributed by atoms with Gasteiger partial charge in [-0.1, -0.05) is 80.9 Å². The molecule has 2 aliphatic rings. The lowest BCUT2D eigenvalue weighted by Gasteiger charge is -2.26. The summed E-state index contributed by atoms with van der Waals surface area (Å²) in [6.07, 6.45) is 0.638. The maximum Gasteiger partial charge on any atom is 0.415 e. The number of anilines is 3. The molecule has 8 N–H and O–H groups in total. The van der Waals surface area contributed by atoms with Crippen LogP contribution in [0.1, 0.15) is 114 Å². The predicted octanol–water partition coefficient (Wildman–Crippen LogP) is 10.7. The molecule has 0 saturated carbocycles. The zero-order chi connectivity index (χ0) is 68.1. The number of nitrogens with one attached hydrogen (secondary N) is 3. The Balaban J connectivity index is 0.872. The molecule has 94 heavy (non-hydrogen) atoms. The predicted molar refractivity (Wildman–Crippen MR) is 364 cm³/mol. The number of ketones is 2. The number of halogens is 2. The first-order chi connectivity index (χ1) is 44.8. The summed E-state index contributed by atoms with van der Waals surface area (Å²) in [7, 11) is -0.976. The van der Waals surface area contributed by atoms with Gasteiger partial charge in [0.2, 0.25) is 11.8 Å². The molecule has 5 aromatic carbocycles. The quantitative estimate of drug-likeness (QED) is 0.0139. The summed E-state index contributed by atoms with van der Waals surface area (Å²) in [6, 6.07) is 25.8. The summed E-state index contributed by atoms with van der Waals surface area (Å²) in [5.41, 5.74) is 14.4. The number of carbonyl (C=O) groups excluding carboxylic acids is 9. The van der Waals surface area contributed by atoms with Crippen LogP contribution in [0.5, 0.6) is 11.5 Å². The second kappa shape index (κ2) is 32.3. The normalized spacial score (nSPS) is 15.7. The molecule has 8 amide bonds. The lowest BCUT2D eigenvalue weighted by Crippen LogP contribution is -2.48. The Kier molecular flexibility index (Phi) is 24.7. The molecule has 0 radical (unpaired) electrons. The summed E-state index contributed by atoms with van der Waals surface area (Å²) in [5.74, 6) is -3.93. The van der Waals surface area contributed by atoms with Crippen molar-refractivity contribution < 1.29 is 66.6 Å². The van der Waals surface area contributed by atoms with Gasteiger partial charge < -0.3 is 70.7 Å². The Bertz CT molecular complexity index is 3870. The monoisotopic (exact) mass is 1370 g/mol. The van der Waals surface area contributed by atoms with Crippen LogP contribution in [0.3, 0.4) is 0 Å². The van der Waals surface area contributed by atoms with E-state index in [1.165, 1.54) is 30.8 Å². The molecule has 0 aliphatic carbocycles. The standard InChI is InChI=1S/C67H80Cl2N9O14PS/c1-39(2)60(74-62(82)42(30-40(3)79)14-11-12-26-70)53(80)31-43(15-13-27-72-65(71)85)61(81)73-46-22-20-41(21-23-46)38-90-66(86)75(4)28-29-76(5)67(87)91-54-32-51-58(49-18-9-7-16-47(49)54)44(34-68)36-77(51)63(83)56-24-25-57(94-56)64(84)78-37-45(35-69)59-50-19-10-8-17-48(50)55(33-52(59)78)92-93(6,88)89/h7-10,16-25,32-33,39,42-45,60H,11-15,26-31,34-38,70H2,1-6H3,(H,73,81)(H,74,82)(H,88,89)(H3,71,72,85). The van der Waals surface area contributed by atoms with Crippen molar-refractivity contribution in [2.75, 3.05) is 86.9 Å². The number of benzene rings is 5. The molecule has 1 aromatic heterocycles. The second-order valence-corrected chi connectivity index (χ2v) is 27.7. The Hall–Kier alpha value is -8.12. The number of alkyl halides is 2. The van der Waals surface area contributed by atoms with Gasteiger partial charge in [0.25, 0.3) is 11.8 Å². The van der Waals surface area contributed by atoms with Crippen molar-refractivity contribution in [2.24, 2.45) is 29.2 Å². The average molecular weight is 1370 g/mol. The third-order valence-electron chi connectivity index (χ3n) is 16.7. The smallest absolute Gasteiger partial charge is 0.415 e. The molecule has 8 rings (SSSR count). The number of primary amides is 1. The van der Waals surface area contributed by atoms with E-state index in [0.717, 1.165) is 39.9 Å². The topological polar surface area (TPSA) is 320 Å². The number of Topliss-reactive ketones (excluding diaryl/α,β-unsaturated/α-hetero) is 2. The van der Waals surface area contributed by atoms with Crippen molar-refractivity contribution in [3.8, 4) is 11.5 Å². The molecule has 0 fully saturated rings. The van der Waals surface area contributed by atoms with E-state index in [2.05, 4.69) is 16.0 Å². The second-order valence-electron chi connectivity index (χ2n) is 24.2. The van der Waals surface area contributed by atoms with Gasteiger partial charge in [-0.25, -0.2) is 18.9 Å². The Morgan fingerprint density at radius 3 is 1.76 bits per heavy atom. The van der Waals surface area contributed by atoms with Gasteiger partial charge in [0.15, 0.2) is 5.78 Å². The maximum atomic E-state index is 14.7. The molecule has 0 bridgehead atoms. The number of ether oxygens (including phenoxy) is 2. The Morgan fingerprint density at radius 1 is 0.713 bits per heavy atom. The molecule has 27 heteroatoms. The molecule has 0 saturated heterocycles. The van der Waals surface area contributed by atoms with Crippen LogP contribution in [0.25, 0.3) is 21.5 Å². The van der Waals surface area contributed by atoms with Crippen molar-refractivity contribution >= 4 is 134 Å². The average Bonchev–Trinajstić information content (AvgIpc) is 1.57. The minimum atomic E-state index is -4.00. The van der Waals surface area contributed by atoms with Crippen LogP contribution < -0.4 is 46.5 Å². The number of amides is 8. The molecule has 6 unspecified atom stereocenters. The van der Waals surface area contributed by atoms with Crippen molar-refractivity contribution in [1.82, 2.24) is 20.4 Å². The van der Waals surface area contributed by atoms with Gasteiger partial charge in [0, 0.05) is 130 Å². The number of rotatable bonds is 30. The van der Waals surface area contributed by atoms with E-state index in [-0.39, 0.29) is 121 Å². The number of likely N-dealkylation sites (N-methyl/N-ethyl adjacent to an activating group) is 2. The van der Waals surface area contributed by atoms with Gasteiger partial charge >= 0.3 is 25.8 Å². The van der Waals surface area contributed by atoms with Crippen LogP contribution in [0.15, 0.2) is 97.1 Å². The number of thiophene rings is 1. The number of carbonyl (C=O) groups is 9. The number of nitrogens with two attached hydrogens (primary N) is 2. The van der Waals surface area contributed by atoms with E-state index in [1.807, 2.05) is 24.3 Å². The first kappa shape index (κ1) is 71.7.